The average molecular weight is 268 g/mol. The van der Waals surface area contributed by atoms with Gasteiger partial charge in [0.1, 0.15) is 12.4 Å². The monoisotopic (exact) mass is 268 g/mol. The van der Waals surface area contributed by atoms with E-state index in [0.29, 0.717) is 18.7 Å². The van der Waals surface area contributed by atoms with Crippen molar-refractivity contribution in [3.05, 3.63) is 35.6 Å². The molecule has 1 rings (SSSR count). The van der Waals surface area contributed by atoms with Crippen LogP contribution in [0.2, 0.25) is 0 Å². The number of imide groups is 1. The number of hydrogen-bond donors (Lipinski definition) is 3. The van der Waals surface area contributed by atoms with Crippen molar-refractivity contribution in [2.24, 2.45) is 0 Å². The number of quaternary nitrogens is 1. The van der Waals surface area contributed by atoms with Crippen LogP contribution in [0.15, 0.2) is 24.3 Å². The van der Waals surface area contributed by atoms with Gasteiger partial charge in [-0.05, 0) is 13.0 Å². The minimum absolute atomic E-state index is 0.103. The van der Waals surface area contributed by atoms with Crippen LogP contribution in [-0.4, -0.2) is 32.1 Å². The second kappa shape index (κ2) is 7.48. The largest absolute Gasteiger partial charge is 0.338 e. The van der Waals surface area contributed by atoms with Crippen molar-refractivity contribution >= 4 is 11.9 Å². The molecule has 104 valence electrons. The minimum Gasteiger partial charge on any atom is -0.338 e. The summed E-state index contributed by atoms with van der Waals surface area (Å²) in [6.07, 6.45) is 0. The topological polar surface area (TPSA) is 62.6 Å². The SMILES string of the molecule is CCNC(=O)NC(=O)C[NH+](C)Cc1ccccc1F. The molecule has 0 aliphatic rings. The maximum atomic E-state index is 13.4. The quantitative estimate of drug-likeness (QED) is 0.686. The second-order valence-electron chi connectivity index (χ2n) is 4.31. The van der Waals surface area contributed by atoms with E-state index in [1.54, 1.807) is 32.2 Å². The molecule has 0 saturated heterocycles. The van der Waals surface area contributed by atoms with Gasteiger partial charge in [-0.2, -0.15) is 0 Å². The van der Waals surface area contributed by atoms with E-state index in [1.165, 1.54) is 6.07 Å². The summed E-state index contributed by atoms with van der Waals surface area (Å²) in [6.45, 7) is 2.71. The molecule has 0 spiro atoms. The molecule has 0 saturated carbocycles. The van der Waals surface area contributed by atoms with E-state index in [2.05, 4.69) is 10.6 Å². The Balaban J connectivity index is 2.43. The van der Waals surface area contributed by atoms with Gasteiger partial charge in [-0.25, -0.2) is 9.18 Å². The fourth-order valence-electron chi connectivity index (χ4n) is 1.68. The third kappa shape index (κ3) is 5.48. The molecular formula is C13H19FN3O2+. The number of urea groups is 1. The van der Waals surface area contributed by atoms with Gasteiger partial charge in [-0.3, -0.25) is 10.1 Å². The summed E-state index contributed by atoms with van der Waals surface area (Å²) >= 11 is 0. The number of carbonyl (C=O) groups is 2. The van der Waals surface area contributed by atoms with Gasteiger partial charge in [-0.1, -0.05) is 18.2 Å². The molecular weight excluding hydrogens is 249 g/mol. The van der Waals surface area contributed by atoms with E-state index in [1.807, 2.05) is 0 Å². The predicted octanol–water partition coefficient (Wildman–Crippen LogP) is -0.314. The molecule has 0 aromatic heterocycles. The van der Waals surface area contributed by atoms with E-state index >= 15 is 0 Å². The summed E-state index contributed by atoms with van der Waals surface area (Å²) in [5, 5.41) is 4.68. The number of benzene rings is 1. The van der Waals surface area contributed by atoms with Gasteiger partial charge in [0.25, 0.3) is 5.91 Å². The first-order chi connectivity index (χ1) is 9.02. The van der Waals surface area contributed by atoms with Crippen LogP contribution in [0.5, 0.6) is 0 Å². The number of halogens is 1. The van der Waals surface area contributed by atoms with Crippen LogP contribution in [0.3, 0.4) is 0 Å². The Morgan fingerprint density at radius 1 is 1.32 bits per heavy atom. The molecule has 6 heteroatoms. The molecule has 0 heterocycles. The van der Waals surface area contributed by atoms with E-state index in [-0.39, 0.29) is 18.3 Å². The Morgan fingerprint density at radius 2 is 2.00 bits per heavy atom. The summed E-state index contributed by atoms with van der Waals surface area (Å²) < 4.78 is 13.4. The van der Waals surface area contributed by atoms with Gasteiger partial charge in [0.2, 0.25) is 0 Å². The van der Waals surface area contributed by atoms with Gasteiger partial charge in [-0.15, -0.1) is 0 Å². The van der Waals surface area contributed by atoms with Crippen LogP contribution in [0.4, 0.5) is 9.18 Å². The van der Waals surface area contributed by atoms with Crippen LogP contribution in [0.25, 0.3) is 0 Å². The van der Waals surface area contributed by atoms with Crippen LogP contribution in [0.1, 0.15) is 12.5 Å². The third-order valence-corrected chi connectivity index (χ3v) is 2.50. The number of nitrogens with one attached hydrogen (secondary N) is 3. The van der Waals surface area contributed by atoms with Gasteiger partial charge >= 0.3 is 6.03 Å². The molecule has 1 unspecified atom stereocenters. The Hall–Kier alpha value is -1.95. The highest BCUT2D eigenvalue weighted by molar-refractivity contribution is 5.94. The average Bonchev–Trinajstić information content (AvgIpc) is 2.31. The minimum atomic E-state index is -0.508. The van der Waals surface area contributed by atoms with Crippen molar-refractivity contribution in [2.45, 2.75) is 13.5 Å². The van der Waals surface area contributed by atoms with E-state index in [4.69, 9.17) is 0 Å². The first kappa shape index (κ1) is 15.1. The molecule has 1 aromatic rings. The fourth-order valence-corrected chi connectivity index (χ4v) is 1.68. The highest BCUT2D eigenvalue weighted by Crippen LogP contribution is 2.03. The van der Waals surface area contributed by atoms with Crippen LogP contribution < -0.4 is 15.5 Å². The smallest absolute Gasteiger partial charge is 0.321 e. The van der Waals surface area contributed by atoms with Crippen LogP contribution in [0, 0.1) is 5.82 Å². The number of rotatable bonds is 5. The Labute approximate surface area is 111 Å². The fraction of sp³-hybridized carbons (Fsp3) is 0.385. The molecule has 1 aromatic carbocycles. The number of hydrogen-bond acceptors (Lipinski definition) is 2. The highest BCUT2D eigenvalue weighted by atomic mass is 19.1. The van der Waals surface area contributed by atoms with Crippen LogP contribution in [-0.2, 0) is 11.3 Å². The predicted molar refractivity (Wildman–Crippen MR) is 69.1 cm³/mol. The van der Waals surface area contributed by atoms with E-state index in [9.17, 15) is 14.0 Å². The molecule has 5 nitrogen and oxygen atoms in total. The summed E-state index contributed by atoms with van der Waals surface area (Å²) in [5.74, 6) is -0.675. The normalized spacial score (nSPS) is 11.7. The molecule has 0 fully saturated rings. The zero-order valence-electron chi connectivity index (χ0n) is 11.1. The number of carbonyl (C=O) groups excluding carboxylic acids is 2. The second-order valence-corrected chi connectivity index (χ2v) is 4.31. The van der Waals surface area contributed by atoms with Crippen LogP contribution >= 0.6 is 0 Å². The van der Waals surface area contributed by atoms with Crippen molar-refractivity contribution in [3.8, 4) is 0 Å². The Bertz CT molecular complexity index is 451. The number of likely N-dealkylation sites (N-methyl/N-ethyl adjacent to an activating group) is 1. The Kier molecular flexibility index (Phi) is 5.95. The lowest BCUT2D eigenvalue weighted by atomic mass is 10.2. The lowest BCUT2D eigenvalue weighted by Crippen LogP contribution is -3.09. The molecule has 0 aliphatic carbocycles. The third-order valence-electron chi connectivity index (χ3n) is 2.50. The molecule has 0 radical (unpaired) electrons. The van der Waals surface area contributed by atoms with Crippen molar-refractivity contribution in [3.63, 3.8) is 0 Å². The zero-order chi connectivity index (χ0) is 14.3. The summed E-state index contributed by atoms with van der Waals surface area (Å²) in [7, 11) is 1.77. The van der Waals surface area contributed by atoms with Crippen molar-refractivity contribution in [1.82, 2.24) is 10.6 Å². The first-order valence-electron chi connectivity index (χ1n) is 6.15. The maximum absolute atomic E-state index is 13.4. The lowest BCUT2D eigenvalue weighted by molar-refractivity contribution is -0.885. The number of amides is 3. The molecule has 0 bridgehead atoms. The van der Waals surface area contributed by atoms with Crippen molar-refractivity contribution in [2.75, 3.05) is 20.1 Å². The lowest BCUT2D eigenvalue weighted by Gasteiger charge is -2.14. The van der Waals surface area contributed by atoms with Gasteiger partial charge < -0.3 is 10.2 Å². The summed E-state index contributed by atoms with van der Waals surface area (Å²) in [6, 6.07) is 5.93. The standard InChI is InChI=1S/C13H18FN3O2/c1-3-15-13(19)16-12(18)9-17(2)8-10-6-4-5-7-11(10)14/h4-7H,3,8-9H2,1-2H3,(H2,15,16,18,19)/p+1. The summed E-state index contributed by atoms with van der Waals surface area (Å²) in [5.41, 5.74) is 0.547. The zero-order valence-corrected chi connectivity index (χ0v) is 11.1. The summed E-state index contributed by atoms with van der Waals surface area (Å²) in [4.78, 5) is 23.5. The van der Waals surface area contributed by atoms with Crippen molar-refractivity contribution < 1.29 is 18.9 Å². The van der Waals surface area contributed by atoms with E-state index in [0.717, 1.165) is 4.90 Å². The van der Waals surface area contributed by atoms with Gasteiger partial charge in [0, 0.05) is 12.1 Å². The first-order valence-corrected chi connectivity index (χ1v) is 6.15. The molecule has 0 aliphatic heterocycles. The van der Waals surface area contributed by atoms with Crippen molar-refractivity contribution in [1.29, 1.82) is 0 Å². The Morgan fingerprint density at radius 3 is 2.63 bits per heavy atom. The maximum Gasteiger partial charge on any atom is 0.321 e. The molecule has 3 N–H and O–H groups in total. The molecule has 1 atom stereocenters. The molecule has 19 heavy (non-hydrogen) atoms. The highest BCUT2D eigenvalue weighted by Gasteiger charge is 2.14. The van der Waals surface area contributed by atoms with Gasteiger partial charge in [0.15, 0.2) is 6.54 Å². The molecule has 3 amide bonds. The van der Waals surface area contributed by atoms with Gasteiger partial charge in [0.05, 0.1) is 7.05 Å². The van der Waals surface area contributed by atoms with E-state index < -0.39 is 6.03 Å².